The summed E-state index contributed by atoms with van der Waals surface area (Å²) in [5, 5.41) is 8.72. The quantitative estimate of drug-likeness (QED) is 0.294. The molecule has 4 rings (SSSR count). The number of carbonyl (C=O) groups is 1. The molecule has 0 aliphatic carbocycles. The van der Waals surface area contributed by atoms with Crippen LogP contribution in [0.4, 0.5) is 0 Å². The van der Waals surface area contributed by atoms with Crippen LogP contribution in [-0.4, -0.2) is 11.1 Å². The molecule has 0 heterocycles. The van der Waals surface area contributed by atoms with Crippen LogP contribution in [0.1, 0.15) is 22.3 Å². The van der Waals surface area contributed by atoms with Crippen molar-refractivity contribution < 1.29 is 9.90 Å². The van der Waals surface area contributed by atoms with Gasteiger partial charge >= 0.3 is 5.97 Å². The zero-order chi connectivity index (χ0) is 22.3. The Kier molecular flexibility index (Phi) is 6.30. The predicted octanol–water partition coefficient (Wildman–Crippen LogP) is 6.83. The molecule has 4 aromatic carbocycles. The zero-order valence-corrected chi connectivity index (χ0v) is 17.7. The van der Waals surface area contributed by atoms with Gasteiger partial charge in [0.1, 0.15) is 0 Å². The van der Waals surface area contributed by atoms with Crippen molar-refractivity contribution in [3.05, 3.63) is 125 Å². The van der Waals surface area contributed by atoms with Crippen molar-refractivity contribution >= 4 is 12.0 Å². The molecule has 0 saturated carbocycles. The third-order valence-corrected chi connectivity index (χ3v) is 5.17. The molecule has 0 radical (unpaired) electrons. The lowest BCUT2D eigenvalue weighted by atomic mass is 10.0. The Morgan fingerprint density at radius 2 is 1.00 bits per heavy atom. The summed E-state index contributed by atoms with van der Waals surface area (Å²) in [6, 6.07) is 32.7. The van der Waals surface area contributed by atoms with Crippen LogP contribution in [0.25, 0.3) is 28.3 Å². The topological polar surface area (TPSA) is 37.3 Å². The summed E-state index contributed by atoms with van der Waals surface area (Å²) in [5.74, 6) is 5.51. The van der Waals surface area contributed by atoms with Crippen molar-refractivity contribution in [2.45, 2.75) is 6.92 Å². The van der Waals surface area contributed by atoms with Gasteiger partial charge in [0.05, 0.1) is 0 Å². The average molecular weight is 415 g/mol. The first-order valence-corrected chi connectivity index (χ1v) is 10.4. The molecule has 0 atom stereocenters. The molecule has 154 valence electrons. The minimum atomic E-state index is -0.951. The van der Waals surface area contributed by atoms with E-state index in [1.54, 1.807) is 6.08 Å². The molecule has 0 aliphatic rings. The molecule has 2 nitrogen and oxygen atoms in total. The van der Waals surface area contributed by atoms with Crippen LogP contribution in [-0.2, 0) is 4.79 Å². The lowest BCUT2D eigenvalue weighted by Gasteiger charge is -2.03. The highest BCUT2D eigenvalue weighted by atomic mass is 16.4. The van der Waals surface area contributed by atoms with Gasteiger partial charge in [0.2, 0.25) is 0 Å². The fourth-order valence-electron chi connectivity index (χ4n) is 3.34. The van der Waals surface area contributed by atoms with E-state index >= 15 is 0 Å². The summed E-state index contributed by atoms with van der Waals surface area (Å²) in [7, 11) is 0. The van der Waals surface area contributed by atoms with E-state index in [0.717, 1.165) is 33.9 Å². The highest BCUT2D eigenvalue weighted by molar-refractivity contribution is 5.85. The van der Waals surface area contributed by atoms with Gasteiger partial charge in [-0.3, -0.25) is 0 Å². The number of carboxylic acid groups (broad SMARTS) is 1. The number of aliphatic carboxylic acids is 1. The van der Waals surface area contributed by atoms with Crippen molar-refractivity contribution in [1.82, 2.24) is 0 Å². The maximum Gasteiger partial charge on any atom is 0.328 e. The minimum Gasteiger partial charge on any atom is -0.478 e. The summed E-state index contributed by atoms with van der Waals surface area (Å²) in [6.45, 7) is 2.09. The summed E-state index contributed by atoms with van der Waals surface area (Å²) in [6.07, 6.45) is 2.72. The van der Waals surface area contributed by atoms with Crippen LogP contribution in [0.5, 0.6) is 0 Å². The van der Waals surface area contributed by atoms with Crippen LogP contribution >= 0.6 is 0 Å². The van der Waals surface area contributed by atoms with Crippen LogP contribution in [0.3, 0.4) is 0 Å². The smallest absolute Gasteiger partial charge is 0.328 e. The summed E-state index contributed by atoms with van der Waals surface area (Å²) >= 11 is 0. The fraction of sp³-hybridized carbons (Fsp3) is 0.0333. The van der Waals surface area contributed by atoms with Crippen LogP contribution in [0, 0.1) is 18.8 Å². The Labute approximate surface area is 188 Å². The Morgan fingerprint density at radius 3 is 1.41 bits per heavy atom. The first kappa shape index (κ1) is 20.9. The van der Waals surface area contributed by atoms with Crippen molar-refractivity contribution in [3.63, 3.8) is 0 Å². The highest BCUT2D eigenvalue weighted by Crippen LogP contribution is 2.22. The van der Waals surface area contributed by atoms with Gasteiger partial charge in [-0.2, -0.15) is 0 Å². The van der Waals surface area contributed by atoms with E-state index in [-0.39, 0.29) is 0 Å². The molecule has 0 spiro atoms. The first-order chi connectivity index (χ1) is 15.6. The van der Waals surface area contributed by atoms with Crippen LogP contribution in [0.15, 0.2) is 103 Å². The third kappa shape index (κ3) is 5.41. The highest BCUT2D eigenvalue weighted by Gasteiger charge is 1.99. The van der Waals surface area contributed by atoms with E-state index in [0.29, 0.717) is 0 Å². The second-order valence-corrected chi connectivity index (χ2v) is 7.56. The predicted molar refractivity (Wildman–Crippen MR) is 131 cm³/mol. The van der Waals surface area contributed by atoms with Gasteiger partial charge in [0, 0.05) is 17.2 Å². The Morgan fingerprint density at radius 1 is 0.625 bits per heavy atom. The van der Waals surface area contributed by atoms with Gasteiger partial charge in [0.25, 0.3) is 0 Å². The number of rotatable bonds is 4. The number of aryl methyl sites for hydroxylation is 1. The Balaban J connectivity index is 1.44. The standard InChI is InChI=1S/C30H22O2/c1-22-2-13-26(14-3-22)27-15-6-23(7-16-27)4-5-24-8-17-28(18-9-24)29-19-10-25(11-20-29)12-21-30(31)32/h2-3,6-21H,1H3,(H,31,32)/b21-12+. The molecule has 1 N–H and O–H groups in total. The SMILES string of the molecule is Cc1ccc(-c2ccc(C#Cc3ccc(-c4ccc(/C=C/C(=O)O)cc4)cc3)cc2)cc1. The average Bonchev–Trinajstić information content (AvgIpc) is 2.83. The second-order valence-electron chi connectivity index (χ2n) is 7.56. The number of carboxylic acids is 1. The van der Waals surface area contributed by atoms with E-state index in [1.807, 2.05) is 48.5 Å². The largest absolute Gasteiger partial charge is 0.478 e. The molecule has 0 saturated heterocycles. The number of hydrogen-bond acceptors (Lipinski definition) is 1. The summed E-state index contributed by atoms with van der Waals surface area (Å²) in [5.41, 5.74) is 8.60. The van der Waals surface area contributed by atoms with Gasteiger partial charge in [-0.15, -0.1) is 0 Å². The molecule has 0 amide bonds. The first-order valence-electron chi connectivity index (χ1n) is 10.4. The molecular weight excluding hydrogens is 392 g/mol. The van der Waals surface area contributed by atoms with Crippen molar-refractivity contribution in [2.24, 2.45) is 0 Å². The summed E-state index contributed by atoms with van der Waals surface area (Å²) < 4.78 is 0. The summed E-state index contributed by atoms with van der Waals surface area (Å²) in [4.78, 5) is 10.6. The molecule has 0 fully saturated rings. The van der Waals surface area contributed by atoms with Crippen LogP contribution in [0.2, 0.25) is 0 Å². The van der Waals surface area contributed by atoms with Gasteiger partial charge in [-0.1, -0.05) is 90.2 Å². The van der Waals surface area contributed by atoms with Gasteiger partial charge in [-0.25, -0.2) is 4.79 Å². The van der Waals surface area contributed by atoms with Gasteiger partial charge in [0.15, 0.2) is 0 Å². The van der Waals surface area contributed by atoms with Gasteiger partial charge in [-0.05, 0) is 65.1 Å². The fourth-order valence-corrected chi connectivity index (χ4v) is 3.34. The zero-order valence-electron chi connectivity index (χ0n) is 17.7. The molecule has 0 aromatic heterocycles. The van der Waals surface area contributed by atoms with Gasteiger partial charge < -0.3 is 5.11 Å². The number of hydrogen-bond donors (Lipinski definition) is 1. The van der Waals surface area contributed by atoms with E-state index in [2.05, 4.69) is 67.3 Å². The second kappa shape index (κ2) is 9.64. The van der Waals surface area contributed by atoms with E-state index < -0.39 is 5.97 Å². The molecule has 0 unspecified atom stereocenters. The molecule has 0 bridgehead atoms. The molecule has 2 heteroatoms. The van der Waals surface area contributed by atoms with E-state index in [4.69, 9.17) is 5.11 Å². The number of benzene rings is 4. The molecule has 32 heavy (non-hydrogen) atoms. The molecular formula is C30H22O2. The van der Waals surface area contributed by atoms with Crippen LogP contribution < -0.4 is 0 Å². The monoisotopic (exact) mass is 414 g/mol. The Hall–Kier alpha value is -4.35. The van der Waals surface area contributed by atoms with E-state index in [1.165, 1.54) is 16.7 Å². The third-order valence-electron chi connectivity index (χ3n) is 5.17. The maximum atomic E-state index is 10.6. The molecule has 4 aromatic rings. The Bertz CT molecular complexity index is 1300. The van der Waals surface area contributed by atoms with E-state index in [9.17, 15) is 4.79 Å². The van der Waals surface area contributed by atoms with Crippen molar-refractivity contribution in [2.75, 3.05) is 0 Å². The van der Waals surface area contributed by atoms with Crippen molar-refractivity contribution in [1.29, 1.82) is 0 Å². The van der Waals surface area contributed by atoms with Crippen molar-refractivity contribution in [3.8, 4) is 34.1 Å². The molecule has 0 aliphatic heterocycles. The lowest BCUT2D eigenvalue weighted by Crippen LogP contribution is -1.85. The maximum absolute atomic E-state index is 10.6. The normalized spacial score (nSPS) is 10.5. The lowest BCUT2D eigenvalue weighted by molar-refractivity contribution is -0.131. The minimum absolute atomic E-state index is 0.854.